The molecular weight excluding hydrogens is 300 g/mol. The Morgan fingerprint density at radius 1 is 1.29 bits per heavy atom. The quantitative estimate of drug-likeness (QED) is 0.344. The Labute approximate surface area is 144 Å². The van der Waals surface area contributed by atoms with E-state index in [0.29, 0.717) is 0 Å². The van der Waals surface area contributed by atoms with E-state index in [0.717, 1.165) is 62.7 Å². The van der Waals surface area contributed by atoms with Crippen molar-refractivity contribution in [1.82, 2.24) is 5.32 Å². The van der Waals surface area contributed by atoms with Gasteiger partial charge in [0.15, 0.2) is 5.78 Å². The second-order valence-corrected chi connectivity index (χ2v) is 6.47. The lowest BCUT2D eigenvalue weighted by molar-refractivity contribution is -0.118. The highest BCUT2D eigenvalue weighted by Crippen LogP contribution is 2.32. The smallest absolute Gasteiger partial charge is 0.196 e. The van der Waals surface area contributed by atoms with Crippen LogP contribution in [0.5, 0.6) is 0 Å². The summed E-state index contributed by atoms with van der Waals surface area (Å²) in [5.74, 6) is -0.106. The van der Waals surface area contributed by atoms with Crippen LogP contribution in [0.1, 0.15) is 37.7 Å². The van der Waals surface area contributed by atoms with Gasteiger partial charge >= 0.3 is 0 Å². The van der Waals surface area contributed by atoms with E-state index in [1.807, 2.05) is 37.3 Å². The first-order valence-corrected chi connectivity index (χ1v) is 8.62. The number of hydrogen-bond acceptors (Lipinski definition) is 4. The monoisotopic (exact) mass is 326 g/mol. The molecule has 0 amide bonds. The van der Waals surface area contributed by atoms with Gasteiger partial charge in [-0.1, -0.05) is 24.3 Å². The van der Waals surface area contributed by atoms with Gasteiger partial charge in [-0.2, -0.15) is 0 Å². The van der Waals surface area contributed by atoms with Crippen molar-refractivity contribution in [1.29, 1.82) is 0 Å². The number of allylic oxidation sites excluding steroid dienone is 2. The van der Waals surface area contributed by atoms with Crippen molar-refractivity contribution in [3.05, 3.63) is 42.0 Å². The van der Waals surface area contributed by atoms with Crippen LogP contribution in [0, 0.1) is 12.3 Å². The molecule has 0 radical (unpaired) electrons. The molecule has 1 aromatic carbocycles. The number of piperidine rings is 1. The number of carbonyl (C=O) groups excluding carboxylic acids is 2. The molecule has 128 valence electrons. The minimum absolute atomic E-state index is 0.106. The zero-order valence-electron chi connectivity index (χ0n) is 14.3. The van der Waals surface area contributed by atoms with Crippen molar-refractivity contribution in [2.75, 3.05) is 13.1 Å². The maximum Gasteiger partial charge on any atom is 0.196 e. The first kappa shape index (κ1) is 18.3. The van der Waals surface area contributed by atoms with Gasteiger partial charge in [-0.3, -0.25) is 9.79 Å². The van der Waals surface area contributed by atoms with Crippen LogP contribution in [-0.4, -0.2) is 31.4 Å². The Balaban J connectivity index is 1.74. The van der Waals surface area contributed by atoms with Gasteiger partial charge in [-0.25, -0.2) is 0 Å². The lowest BCUT2D eigenvalue weighted by Gasteiger charge is -2.32. The highest BCUT2D eigenvalue weighted by Gasteiger charge is 2.30. The van der Waals surface area contributed by atoms with Gasteiger partial charge in [-0.15, -0.1) is 0 Å². The molecule has 0 unspecified atom stereocenters. The van der Waals surface area contributed by atoms with Crippen LogP contribution in [0.15, 0.2) is 41.4 Å². The Bertz CT molecular complexity index is 614. The van der Waals surface area contributed by atoms with E-state index in [1.165, 1.54) is 6.21 Å². The fraction of sp³-hybridized carbons (Fsp3) is 0.450. The van der Waals surface area contributed by atoms with Gasteiger partial charge in [0, 0.05) is 5.41 Å². The maximum absolute atomic E-state index is 11.8. The van der Waals surface area contributed by atoms with Crippen LogP contribution in [0.25, 0.3) is 0 Å². The fourth-order valence-corrected chi connectivity index (χ4v) is 3.01. The molecule has 1 aliphatic rings. The van der Waals surface area contributed by atoms with Crippen LogP contribution in [0.4, 0.5) is 5.69 Å². The third-order valence-corrected chi connectivity index (χ3v) is 4.62. The summed E-state index contributed by atoms with van der Waals surface area (Å²) in [4.78, 5) is 27.4. The van der Waals surface area contributed by atoms with Crippen molar-refractivity contribution in [3.8, 4) is 0 Å². The molecule has 0 saturated carbocycles. The third kappa shape index (κ3) is 5.53. The van der Waals surface area contributed by atoms with Gasteiger partial charge in [0.1, 0.15) is 6.29 Å². The number of rotatable bonds is 8. The molecule has 1 heterocycles. The van der Waals surface area contributed by atoms with Crippen molar-refractivity contribution in [3.63, 3.8) is 0 Å². The Kier molecular flexibility index (Phi) is 7.07. The molecule has 0 aliphatic carbocycles. The maximum atomic E-state index is 11.8. The number of benzene rings is 1. The predicted octanol–water partition coefficient (Wildman–Crippen LogP) is 3.56. The van der Waals surface area contributed by atoms with E-state index >= 15 is 0 Å². The number of hydrogen-bond donors (Lipinski definition) is 1. The van der Waals surface area contributed by atoms with Crippen molar-refractivity contribution in [2.45, 2.75) is 39.0 Å². The van der Waals surface area contributed by atoms with Crippen LogP contribution in [-0.2, 0) is 9.59 Å². The molecule has 2 rings (SSSR count). The molecule has 4 nitrogen and oxygen atoms in total. The van der Waals surface area contributed by atoms with Gasteiger partial charge < -0.3 is 10.1 Å². The second kappa shape index (κ2) is 9.28. The Morgan fingerprint density at radius 2 is 2.04 bits per heavy atom. The average Bonchev–Trinajstić information content (AvgIpc) is 2.61. The third-order valence-electron chi connectivity index (χ3n) is 4.62. The van der Waals surface area contributed by atoms with E-state index in [1.54, 1.807) is 6.08 Å². The van der Waals surface area contributed by atoms with Crippen molar-refractivity contribution < 1.29 is 9.59 Å². The number of nitrogens with one attached hydrogen (secondary N) is 1. The number of ketones is 1. The van der Waals surface area contributed by atoms with Crippen molar-refractivity contribution >= 4 is 24.0 Å². The number of aliphatic imine (C=N–C) groups is 1. The molecule has 1 fully saturated rings. The number of carbonyl (C=O) groups is 2. The SMILES string of the molecule is Cc1ccccc1/N=C\C(=O)/C=C\CCCC1(C=O)CCNCC1. The van der Waals surface area contributed by atoms with Crippen molar-refractivity contribution in [2.24, 2.45) is 10.4 Å². The Morgan fingerprint density at radius 3 is 2.75 bits per heavy atom. The van der Waals surface area contributed by atoms with Crippen LogP contribution in [0.2, 0.25) is 0 Å². The molecule has 0 bridgehead atoms. The minimum Gasteiger partial charge on any atom is -0.317 e. The number of aryl methyl sites for hydroxylation is 1. The summed E-state index contributed by atoms with van der Waals surface area (Å²) in [5, 5.41) is 3.29. The molecule has 0 spiro atoms. The van der Waals surface area contributed by atoms with Gasteiger partial charge in [0.05, 0.1) is 11.9 Å². The second-order valence-electron chi connectivity index (χ2n) is 6.47. The average molecular weight is 326 g/mol. The fourth-order valence-electron chi connectivity index (χ4n) is 3.01. The molecule has 24 heavy (non-hydrogen) atoms. The van der Waals surface area contributed by atoms with Gasteiger partial charge in [0.2, 0.25) is 0 Å². The normalized spacial score (nSPS) is 17.4. The summed E-state index contributed by atoms with van der Waals surface area (Å²) in [7, 11) is 0. The van der Waals surface area contributed by atoms with E-state index in [2.05, 4.69) is 10.3 Å². The largest absolute Gasteiger partial charge is 0.317 e. The lowest BCUT2D eigenvalue weighted by atomic mass is 9.76. The van der Waals surface area contributed by atoms with Gasteiger partial charge in [0.25, 0.3) is 0 Å². The number of nitrogens with zero attached hydrogens (tertiary/aromatic N) is 1. The minimum atomic E-state index is -0.157. The molecule has 1 aromatic rings. The zero-order chi connectivity index (χ0) is 17.3. The molecule has 0 aromatic heterocycles. The van der Waals surface area contributed by atoms with Crippen LogP contribution in [0.3, 0.4) is 0 Å². The van der Waals surface area contributed by atoms with E-state index in [-0.39, 0.29) is 11.2 Å². The highest BCUT2D eigenvalue weighted by molar-refractivity contribution is 6.33. The molecule has 0 atom stereocenters. The summed E-state index contributed by atoms with van der Waals surface area (Å²) in [6.07, 6.45) is 10.4. The number of unbranched alkanes of at least 4 members (excludes halogenated alkanes) is 1. The lowest BCUT2D eigenvalue weighted by Crippen LogP contribution is -2.37. The first-order chi connectivity index (χ1) is 11.7. The number of para-hydroxylation sites is 1. The molecular formula is C20H26N2O2. The molecule has 4 heteroatoms. The van der Waals surface area contributed by atoms with Gasteiger partial charge in [-0.05, 0) is 69.8 Å². The van der Waals surface area contributed by atoms with Crippen LogP contribution >= 0.6 is 0 Å². The predicted molar refractivity (Wildman–Crippen MR) is 97.9 cm³/mol. The van der Waals surface area contributed by atoms with E-state index < -0.39 is 0 Å². The Hall–Kier alpha value is -2.07. The summed E-state index contributed by atoms with van der Waals surface area (Å²) in [6.45, 7) is 3.81. The zero-order valence-corrected chi connectivity index (χ0v) is 14.3. The molecule has 1 aliphatic heterocycles. The summed E-state index contributed by atoms with van der Waals surface area (Å²) in [5.41, 5.74) is 1.71. The first-order valence-electron chi connectivity index (χ1n) is 8.62. The molecule has 1 N–H and O–H groups in total. The van der Waals surface area contributed by atoms with E-state index in [9.17, 15) is 9.59 Å². The topological polar surface area (TPSA) is 58.5 Å². The summed E-state index contributed by atoms with van der Waals surface area (Å²) in [6, 6.07) is 7.71. The molecule has 1 saturated heterocycles. The standard InChI is InChI=1S/C20H26N2O2/c1-17-7-4-5-9-19(17)22-15-18(24)8-3-2-6-10-20(16-23)11-13-21-14-12-20/h3-5,7-9,15-16,21H,2,6,10-14H2,1H3/b8-3-,22-15-. The summed E-state index contributed by atoms with van der Waals surface area (Å²) < 4.78 is 0. The van der Waals surface area contributed by atoms with Crippen LogP contribution < -0.4 is 5.32 Å². The summed E-state index contributed by atoms with van der Waals surface area (Å²) >= 11 is 0. The highest BCUT2D eigenvalue weighted by atomic mass is 16.1. The number of aldehydes is 1. The van der Waals surface area contributed by atoms with E-state index in [4.69, 9.17) is 0 Å².